The molecule has 4 aromatic rings. The predicted molar refractivity (Wildman–Crippen MR) is 114 cm³/mol. The number of para-hydroxylation sites is 2. The first-order valence-corrected chi connectivity index (χ1v) is 9.65. The molecule has 1 amide bonds. The molecule has 0 atom stereocenters. The summed E-state index contributed by atoms with van der Waals surface area (Å²) in [7, 11) is 1.67. The Kier molecular flexibility index (Phi) is 5.56. The molecule has 0 radical (unpaired) electrons. The maximum absolute atomic E-state index is 12.3. The monoisotopic (exact) mass is 385 g/mol. The number of ether oxygens (including phenoxy) is 1. The highest BCUT2D eigenvalue weighted by Gasteiger charge is 2.12. The van der Waals surface area contributed by atoms with E-state index in [9.17, 15) is 4.79 Å². The van der Waals surface area contributed by atoms with Gasteiger partial charge in [0.2, 0.25) is 0 Å². The van der Waals surface area contributed by atoms with Crippen LogP contribution in [0.3, 0.4) is 0 Å². The molecule has 0 aliphatic rings. The molecule has 1 N–H and O–H groups in total. The summed E-state index contributed by atoms with van der Waals surface area (Å²) in [5.41, 5.74) is 3.89. The quantitative estimate of drug-likeness (QED) is 0.522. The van der Waals surface area contributed by atoms with E-state index in [0.29, 0.717) is 25.1 Å². The highest BCUT2D eigenvalue weighted by molar-refractivity contribution is 5.94. The van der Waals surface area contributed by atoms with Crippen LogP contribution in [0.1, 0.15) is 21.7 Å². The zero-order valence-corrected chi connectivity index (χ0v) is 16.3. The van der Waals surface area contributed by atoms with E-state index in [1.807, 2.05) is 60.7 Å². The van der Waals surface area contributed by atoms with Crippen LogP contribution in [0.5, 0.6) is 5.75 Å². The Labute approximate surface area is 170 Å². The number of aromatic nitrogens is 2. The van der Waals surface area contributed by atoms with Crippen molar-refractivity contribution in [2.45, 2.75) is 13.0 Å². The Bertz CT molecular complexity index is 1100. The van der Waals surface area contributed by atoms with Gasteiger partial charge in [0, 0.05) is 25.1 Å². The van der Waals surface area contributed by atoms with E-state index in [-0.39, 0.29) is 5.91 Å². The fourth-order valence-corrected chi connectivity index (χ4v) is 3.39. The van der Waals surface area contributed by atoms with Crippen molar-refractivity contribution in [2.24, 2.45) is 0 Å². The van der Waals surface area contributed by atoms with Gasteiger partial charge < -0.3 is 14.6 Å². The SMILES string of the molecule is COc1ccc(Cn2c(CCNC(=O)c3ccccc3)nc3ccccc32)cc1. The molecule has 0 aliphatic heterocycles. The number of nitrogens with zero attached hydrogens (tertiary/aromatic N) is 2. The van der Waals surface area contributed by atoms with E-state index in [0.717, 1.165) is 22.6 Å². The van der Waals surface area contributed by atoms with Crippen molar-refractivity contribution >= 4 is 16.9 Å². The van der Waals surface area contributed by atoms with Crippen LogP contribution in [0.25, 0.3) is 11.0 Å². The van der Waals surface area contributed by atoms with Gasteiger partial charge in [0.05, 0.1) is 18.1 Å². The number of hydrogen-bond donors (Lipinski definition) is 1. The van der Waals surface area contributed by atoms with Gasteiger partial charge in [-0.3, -0.25) is 4.79 Å². The van der Waals surface area contributed by atoms with Crippen molar-refractivity contribution in [3.8, 4) is 5.75 Å². The second-order valence-electron chi connectivity index (χ2n) is 6.82. The van der Waals surface area contributed by atoms with Gasteiger partial charge in [0.25, 0.3) is 5.91 Å². The van der Waals surface area contributed by atoms with Crippen LogP contribution in [0.2, 0.25) is 0 Å². The molecule has 0 bridgehead atoms. The van der Waals surface area contributed by atoms with Gasteiger partial charge in [-0.2, -0.15) is 0 Å². The van der Waals surface area contributed by atoms with Crippen molar-refractivity contribution in [2.75, 3.05) is 13.7 Å². The van der Waals surface area contributed by atoms with E-state index in [2.05, 4.69) is 28.1 Å². The lowest BCUT2D eigenvalue weighted by atomic mass is 10.2. The van der Waals surface area contributed by atoms with Crippen LogP contribution < -0.4 is 10.1 Å². The fraction of sp³-hybridized carbons (Fsp3) is 0.167. The standard InChI is InChI=1S/C24H23N3O2/c1-29-20-13-11-18(12-14-20)17-27-22-10-6-5-9-21(22)26-23(27)15-16-25-24(28)19-7-3-2-4-8-19/h2-14H,15-17H2,1H3,(H,25,28). The minimum Gasteiger partial charge on any atom is -0.497 e. The molecule has 0 saturated heterocycles. The average Bonchev–Trinajstić information content (AvgIpc) is 3.12. The molecule has 4 rings (SSSR count). The number of methoxy groups -OCH3 is 1. The van der Waals surface area contributed by atoms with Gasteiger partial charge in [-0.1, -0.05) is 42.5 Å². The van der Waals surface area contributed by atoms with Crippen molar-refractivity contribution < 1.29 is 9.53 Å². The molecule has 0 fully saturated rings. The largest absolute Gasteiger partial charge is 0.497 e. The second-order valence-corrected chi connectivity index (χ2v) is 6.82. The van der Waals surface area contributed by atoms with Crippen molar-refractivity contribution in [1.82, 2.24) is 14.9 Å². The molecule has 1 heterocycles. The molecule has 3 aromatic carbocycles. The number of nitrogens with one attached hydrogen (secondary N) is 1. The van der Waals surface area contributed by atoms with Crippen LogP contribution in [0.4, 0.5) is 0 Å². The Morgan fingerprint density at radius 3 is 2.45 bits per heavy atom. The Balaban J connectivity index is 1.52. The molecule has 0 spiro atoms. The summed E-state index contributed by atoms with van der Waals surface area (Å²) in [6, 6.07) is 25.4. The molecular weight excluding hydrogens is 362 g/mol. The fourth-order valence-electron chi connectivity index (χ4n) is 3.39. The summed E-state index contributed by atoms with van der Waals surface area (Å²) in [5.74, 6) is 1.73. The molecule has 29 heavy (non-hydrogen) atoms. The molecule has 0 saturated carbocycles. The molecule has 146 valence electrons. The lowest BCUT2D eigenvalue weighted by molar-refractivity contribution is 0.0954. The van der Waals surface area contributed by atoms with Crippen molar-refractivity contribution in [1.29, 1.82) is 0 Å². The third kappa shape index (κ3) is 4.29. The Morgan fingerprint density at radius 1 is 0.966 bits per heavy atom. The summed E-state index contributed by atoms with van der Waals surface area (Å²) < 4.78 is 7.47. The smallest absolute Gasteiger partial charge is 0.251 e. The van der Waals surface area contributed by atoms with Gasteiger partial charge in [-0.05, 0) is 42.0 Å². The zero-order chi connectivity index (χ0) is 20.1. The summed E-state index contributed by atoms with van der Waals surface area (Å²) in [5, 5.41) is 2.99. The second kappa shape index (κ2) is 8.61. The molecule has 0 aliphatic carbocycles. The van der Waals surface area contributed by atoms with E-state index >= 15 is 0 Å². The number of carbonyl (C=O) groups is 1. The molecule has 5 nitrogen and oxygen atoms in total. The first-order chi connectivity index (χ1) is 14.2. The Morgan fingerprint density at radius 2 is 1.69 bits per heavy atom. The van der Waals surface area contributed by atoms with Gasteiger partial charge in [-0.15, -0.1) is 0 Å². The number of fused-ring (bicyclic) bond motifs is 1. The molecule has 0 unspecified atom stereocenters. The summed E-state index contributed by atoms with van der Waals surface area (Å²) in [6.07, 6.45) is 0.656. The zero-order valence-electron chi connectivity index (χ0n) is 16.3. The first kappa shape index (κ1) is 18.7. The van der Waals surface area contributed by atoms with Crippen LogP contribution in [-0.4, -0.2) is 29.1 Å². The number of hydrogen-bond acceptors (Lipinski definition) is 3. The highest BCUT2D eigenvalue weighted by Crippen LogP contribution is 2.19. The molecular formula is C24H23N3O2. The lowest BCUT2D eigenvalue weighted by Gasteiger charge is -2.11. The predicted octanol–water partition coefficient (Wildman–Crippen LogP) is 4.07. The number of benzene rings is 3. The summed E-state index contributed by atoms with van der Waals surface area (Å²) in [6.45, 7) is 1.24. The van der Waals surface area contributed by atoms with Crippen LogP contribution in [0.15, 0.2) is 78.9 Å². The van der Waals surface area contributed by atoms with Crippen LogP contribution >= 0.6 is 0 Å². The van der Waals surface area contributed by atoms with Gasteiger partial charge in [0.15, 0.2) is 0 Å². The first-order valence-electron chi connectivity index (χ1n) is 9.65. The lowest BCUT2D eigenvalue weighted by Crippen LogP contribution is -2.26. The minimum absolute atomic E-state index is 0.0663. The van der Waals surface area contributed by atoms with Gasteiger partial charge in [-0.25, -0.2) is 4.98 Å². The summed E-state index contributed by atoms with van der Waals surface area (Å²) in [4.78, 5) is 17.1. The highest BCUT2D eigenvalue weighted by atomic mass is 16.5. The minimum atomic E-state index is -0.0663. The van der Waals surface area contributed by atoms with Gasteiger partial charge in [0.1, 0.15) is 11.6 Å². The maximum Gasteiger partial charge on any atom is 0.251 e. The normalized spacial score (nSPS) is 10.8. The van der Waals surface area contributed by atoms with E-state index in [1.54, 1.807) is 7.11 Å². The van der Waals surface area contributed by atoms with E-state index in [1.165, 1.54) is 5.56 Å². The molecule has 5 heteroatoms. The molecule has 1 aromatic heterocycles. The number of rotatable bonds is 7. The van der Waals surface area contributed by atoms with E-state index < -0.39 is 0 Å². The van der Waals surface area contributed by atoms with Crippen LogP contribution in [0, 0.1) is 0 Å². The third-order valence-electron chi connectivity index (χ3n) is 4.90. The summed E-state index contributed by atoms with van der Waals surface area (Å²) >= 11 is 0. The third-order valence-corrected chi connectivity index (χ3v) is 4.90. The number of imidazole rings is 1. The van der Waals surface area contributed by atoms with Gasteiger partial charge >= 0.3 is 0 Å². The van der Waals surface area contributed by atoms with E-state index in [4.69, 9.17) is 9.72 Å². The number of amides is 1. The maximum atomic E-state index is 12.3. The topological polar surface area (TPSA) is 56.1 Å². The Hall–Kier alpha value is -3.60. The number of carbonyl (C=O) groups excluding carboxylic acids is 1. The van der Waals surface area contributed by atoms with Crippen molar-refractivity contribution in [3.05, 3.63) is 95.8 Å². The van der Waals surface area contributed by atoms with Crippen molar-refractivity contribution in [3.63, 3.8) is 0 Å². The average molecular weight is 385 g/mol. The van der Waals surface area contributed by atoms with Crippen LogP contribution in [-0.2, 0) is 13.0 Å².